The molecule has 1 rings (SSSR count). The fourth-order valence-corrected chi connectivity index (χ4v) is 2.63. The van der Waals surface area contributed by atoms with E-state index in [0.717, 1.165) is 32.1 Å². The Kier molecular flexibility index (Phi) is 6.65. The monoisotopic (exact) mass is 257 g/mol. The average Bonchev–Trinajstić information content (AvgIpc) is 2.35. The van der Waals surface area contributed by atoms with Gasteiger partial charge in [0.2, 0.25) is 0 Å². The van der Waals surface area contributed by atoms with E-state index in [1.54, 1.807) is 0 Å². The van der Waals surface area contributed by atoms with Crippen LogP contribution in [0, 0.1) is 5.92 Å². The number of ether oxygens (including phenoxy) is 2. The maximum Gasteiger partial charge on any atom is 0.309 e. The van der Waals surface area contributed by atoms with Crippen LogP contribution in [0.25, 0.3) is 0 Å². The highest BCUT2D eigenvalue weighted by Crippen LogP contribution is 2.28. The Bertz CT molecular complexity index is 253. The molecule has 1 fully saturated rings. The lowest BCUT2D eigenvalue weighted by Crippen LogP contribution is -2.41. The van der Waals surface area contributed by atoms with Gasteiger partial charge in [-0.25, -0.2) is 0 Å². The van der Waals surface area contributed by atoms with Crippen molar-refractivity contribution in [2.24, 2.45) is 11.7 Å². The molecule has 1 aliphatic carbocycles. The summed E-state index contributed by atoms with van der Waals surface area (Å²) in [6.07, 6.45) is 4.73. The van der Waals surface area contributed by atoms with Gasteiger partial charge in [0.1, 0.15) is 0 Å². The van der Waals surface area contributed by atoms with Crippen molar-refractivity contribution >= 4 is 5.97 Å². The average molecular weight is 257 g/mol. The molecule has 1 aliphatic rings. The van der Waals surface area contributed by atoms with E-state index in [-0.39, 0.29) is 30.1 Å². The first-order chi connectivity index (χ1) is 8.60. The molecule has 0 amide bonds. The molecule has 3 unspecified atom stereocenters. The fraction of sp³-hybridized carbons (Fsp3) is 0.929. The van der Waals surface area contributed by atoms with E-state index in [0.29, 0.717) is 6.61 Å². The van der Waals surface area contributed by atoms with E-state index in [1.165, 1.54) is 0 Å². The van der Waals surface area contributed by atoms with Gasteiger partial charge in [0.25, 0.3) is 0 Å². The predicted molar refractivity (Wildman–Crippen MR) is 71.2 cm³/mol. The number of rotatable bonds is 6. The van der Waals surface area contributed by atoms with Gasteiger partial charge in [-0.05, 0) is 39.0 Å². The maximum absolute atomic E-state index is 11.8. The normalized spacial score (nSPS) is 28.4. The Balaban J connectivity index is 2.52. The van der Waals surface area contributed by atoms with Crippen LogP contribution in [-0.2, 0) is 14.3 Å². The highest BCUT2D eigenvalue weighted by molar-refractivity contribution is 5.72. The summed E-state index contributed by atoms with van der Waals surface area (Å²) in [6.45, 7) is 6.51. The molecular weight excluding hydrogens is 230 g/mol. The summed E-state index contributed by atoms with van der Waals surface area (Å²) < 4.78 is 11.1. The summed E-state index contributed by atoms with van der Waals surface area (Å²) in [5.74, 6) is -0.209. The van der Waals surface area contributed by atoms with Crippen LogP contribution >= 0.6 is 0 Å². The molecule has 0 aromatic rings. The maximum atomic E-state index is 11.8. The highest BCUT2D eigenvalue weighted by atomic mass is 16.5. The van der Waals surface area contributed by atoms with Gasteiger partial charge < -0.3 is 15.2 Å². The van der Waals surface area contributed by atoms with Gasteiger partial charge >= 0.3 is 5.97 Å². The Morgan fingerprint density at radius 2 is 1.89 bits per heavy atom. The van der Waals surface area contributed by atoms with E-state index in [2.05, 4.69) is 13.8 Å². The molecule has 3 atom stereocenters. The first-order valence-corrected chi connectivity index (χ1v) is 7.18. The summed E-state index contributed by atoms with van der Waals surface area (Å²) in [6, 6.07) is 0.0486. The first kappa shape index (κ1) is 15.4. The van der Waals surface area contributed by atoms with Gasteiger partial charge in [-0.15, -0.1) is 0 Å². The van der Waals surface area contributed by atoms with E-state index in [1.807, 2.05) is 6.92 Å². The van der Waals surface area contributed by atoms with Crippen molar-refractivity contribution in [1.29, 1.82) is 0 Å². The highest BCUT2D eigenvalue weighted by Gasteiger charge is 2.33. The zero-order chi connectivity index (χ0) is 13.5. The second-order valence-corrected chi connectivity index (χ2v) is 5.11. The van der Waals surface area contributed by atoms with Crippen molar-refractivity contribution in [2.75, 3.05) is 6.61 Å². The summed E-state index contributed by atoms with van der Waals surface area (Å²) in [7, 11) is 0. The molecule has 0 aromatic carbocycles. The Labute approximate surface area is 110 Å². The van der Waals surface area contributed by atoms with Crippen molar-refractivity contribution in [1.82, 2.24) is 0 Å². The molecule has 0 heterocycles. The number of hydrogen-bond acceptors (Lipinski definition) is 4. The molecule has 0 aliphatic heterocycles. The molecule has 1 saturated carbocycles. The lowest BCUT2D eigenvalue weighted by Gasteiger charge is -2.33. The van der Waals surface area contributed by atoms with Gasteiger partial charge in [-0.2, -0.15) is 0 Å². The zero-order valence-corrected chi connectivity index (χ0v) is 11.9. The van der Waals surface area contributed by atoms with Crippen LogP contribution in [0.2, 0.25) is 0 Å². The van der Waals surface area contributed by atoms with Crippen LogP contribution in [0.15, 0.2) is 0 Å². The van der Waals surface area contributed by atoms with Crippen molar-refractivity contribution in [3.05, 3.63) is 0 Å². The molecule has 0 aromatic heterocycles. The number of nitrogens with two attached hydrogens (primary N) is 1. The quantitative estimate of drug-likeness (QED) is 0.741. The van der Waals surface area contributed by atoms with Crippen LogP contribution in [0.4, 0.5) is 0 Å². The predicted octanol–water partition coefficient (Wildman–Crippen LogP) is 2.25. The standard InChI is InChI=1S/C14H27NO3/c1-4-12(5-2)18-13-8-10(7-11(15)9-13)14(16)17-6-3/h10-13H,4-9,15H2,1-3H3. The van der Waals surface area contributed by atoms with Crippen LogP contribution in [0.3, 0.4) is 0 Å². The van der Waals surface area contributed by atoms with Crippen molar-refractivity contribution in [3.8, 4) is 0 Å². The van der Waals surface area contributed by atoms with Gasteiger partial charge in [0, 0.05) is 6.04 Å². The number of esters is 1. The molecule has 18 heavy (non-hydrogen) atoms. The van der Waals surface area contributed by atoms with Gasteiger partial charge in [-0.3, -0.25) is 4.79 Å². The van der Waals surface area contributed by atoms with Crippen LogP contribution in [-0.4, -0.2) is 30.8 Å². The van der Waals surface area contributed by atoms with Gasteiger partial charge in [0.05, 0.1) is 24.7 Å². The smallest absolute Gasteiger partial charge is 0.309 e. The topological polar surface area (TPSA) is 61.5 Å². The third-order valence-electron chi connectivity index (χ3n) is 3.62. The second-order valence-electron chi connectivity index (χ2n) is 5.11. The summed E-state index contributed by atoms with van der Waals surface area (Å²) >= 11 is 0. The molecule has 4 heteroatoms. The van der Waals surface area contributed by atoms with Gasteiger partial charge in [-0.1, -0.05) is 13.8 Å². The molecule has 0 saturated heterocycles. The van der Waals surface area contributed by atoms with Crippen molar-refractivity contribution in [2.45, 2.75) is 71.1 Å². The number of hydrogen-bond donors (Lipinski definition) is 1. The molecular formula is C14H27NO3. The number of carbonyl (C=O) groups excluding carboxylic acids is 1. The van der Waals surface area contributed by atoms with E-state index in [9.17, 15) is 4.79 Å². The largest absolute Gasteiger partial charge is 0.466 e. The van der Waals surface area contributed by atoms with Crippen LogP contribution in [0.1, 0.15) is 52.9 Å². The summed E-state index contributed by atoms with van der Waals surface area (Å²) in [4.78, 5) is 11.8. The van der Waals surface area contributed by atoms with Gasteiger partial charge in [0.15, 0.2) is 0 Å². The minimum atomic E-state index is -0.120. The lowest BCUT2D eigenvalue weighted by molar-refractivity contribution is -0.152. The Morgan fingerprint density at radius 3 is 2.44 bits per heavy atom. The van der Waals surface area contributed by atoms with Crippen LogP contribution < -0.4 is 5.73 Å². The Hall–Kier alpha value is -0.610. The van der Waals surface area contributed by atoms with E-state index < -0.39 is 0 Å². The third kappa shape index (κ3) is 4.58. The molecule has 0 radical (unpaired) electrons. The van der Waals surface area contributed by atoms with Crippen LogP contribution in [0.5, 0.6) is 0 Å². The SMILES string of the molecule is CCOC(=O)C1CC(N)CC(OC(CC)CC)C1. The van der Waals surface area contributed by atoms with Crippen molar-refractivity contribution in [3.63, 3.8) is 0 Å². The third-order valence-corrected chi connectivity index (χ3v) is 3.62. The molecule has 106 valence electrons. The van der Waals surface area contributed by atoms with E-state index >= 15 is 0 Å². The lowest BCUT2D eigenvalue weighted by atomic mass is 9.84. The molecule has 0 bridgehead atoms. The molecule has 0 spiro atoms. The van der Waals surface area contributed by atoms with E-state index in [4.69, 9.17) is 15.2 Å². The second kappa shape index (κ2) is 7.74. The summed E-state index contributed by atoms with van der Waals surface area (Å²) in [5.41, 5.74) is 6.02. The Morgan fingerprint density at radius 1 is 1.22 bits per heavy atom. The number of carbonyl (C=O) groups is 1. The zero-order valence-electron chi connectivity index (χ0n) is 11.9. The molecule has 2 N–H and O–H groups in total. The first-order valence-electron chi connectivity index (χ1n) is 7.18. The minimum absolute atomic E-state index is 0.0486. The van der Waals surface area contributed by atoms with Crippen molar-refractivity contribution < 1.29 is 14.3 Å². The minimum Gasteiger partial charge on any atom is -0.466 e. The fourth-order valence-electron chi connectivity index (χ4n) is 2.63. The molecule has 4 nitrogen and oxygen atoms in total. The summed E-state index contributed by atoms with van der Waals surface area (Å²) in [5, 5.41) is 0.